The van der Waals surface area contributed by atoms with E-state index < -0.39 is 0 Å². The van der Waals surface area contributed by atoms with Crippen molar-refractivity contribution in [2.75, 3.05) is 6.54 Å². The summed E-state index contributed by atoms with van der Waals surface area (Å²) in [6, 6.07) is 0. The molecule has 1 fully saturated rings. The molecule has 0 unspecified atom stereocenters. The third-order valence-electron chi connectivity index (χ3n) is 5.54. The van der Waals surface area contributed by atoms with Crippen molar-refractivity contribution < 1.29 is 4.79 Å². The molecule has 0 saturated heterocycles. The van der Waals surface area contributed by atoms with Crippen molar-refractivity contribution in [1.82, 2.24) is 20.1 Å². The number of hydrogen-bond acceptors (Lipinski definition) is 3. The Bertz CT molecular complexity index is 640. The monoisotopic (exact) mass is 330 g/mol. The number of hydrogen-bond donors (Lipinski definition) is 1. The standard InChI is InChI=1S/C19H30N4O/c1-13(2)12-14-17(19(14,3)4)18(24)20-10-9-16-22-21-15-8-6-5-7-11-23(15)16/h12,14,17H,5-11H2,1-4H3,(H,20,24)/t14-,17-/m1/s1. The van der Waals surface area contributed by atoms with E-state index in [9.17, 15) is 4.79 Å². The Morgan fingerprint density at radius 3 is 2.83 bits per heavy atom. The van der Waals surface area contributed by atoms with E-state index in [1.165, 1.54) is 24.8 Å². The molecular weight excluding hydrogens is 300 g/mol. The van der Waals surface area contributed by atoms with E-state index in [1.54, 1.807) is 0 Å². The van der Waals surface area contributed by atoms with E-state index in [0.717, 1.165) is 31.0 Å². The molecule has 5 nitrogen and oxygen atoms in total. The molecule has 1 amide bonds. The highest BCUT2D eigenvalue weighted by atomic mass is 16.2. The summed E-state index contributed by atoms with van der Waals surface area (Å²) in [6.07, 6.45) is 7.70. The number of aromatic nitrogens is 3. The Morgan fingerprint density at radius 1 is 1.29 bits per heavy atom. The largest absolute Gasteiger partial charge is 0.355 e. The Morgan fingerprint density at radius 2 is 2.08 bits per heavy atom. The molecule has 24 heavy (non-hydrogen) atoms. The van der Waals surface area contributed by atoms with Crippen LogP contribution in [0.5, 0.6) is 0 Å². The van der Waals surface area contributed by atoms with E-state index in [4.69, 9.17) is 0 Å². The molecule has 1 saturated carbocycles. The average molecular weight is 330 g/mol. The zero-order valence-electron chi connectivity index (χ0n) is 15.4. The molecule has 1 N–H and O–H groups in total. The van der Waals surface area contributed by atoms with E-state index in [-0.39, 0.29) is 17.2 Å². The third kappa shape index (κ3) is 3.40. The molecule has 2 heterocycles. The molecule has 0 radical (unpaired) electrons. The number of carbonyl (C=O) groups is 1. The molecule has 1 aliphatic carbocycles. The third-order valence-corrected chi connectivity index (χ3v) is 5.54. The quantitative estimate of drug-likeness (QED) is 0.845. The first-order valence-electron chi connectivity index (χ1n) is 9.25. The van der Waals surface area contributed by atoms with Gasteiger partial charge in [-0.1, -0.05) is 31.9 Å². The van der Waals surface area contributed by atoms with Crippen molar-refractivity contribution >= 4 is 5.91 Å². The van der Waals surface area contributed by atoms with Crippen molar-refractivity contribution in [1.29, 1.82) is 0 Å². The number of carbonyl (C=O) groups excluding carboxylic acids is 1. The van der Waals surface area contributed by atoms with Gasteiger partial charge in [-0.05, 0) is 38.0 Å². The number of allylic oxidation sites excluding steroid dienone is 2. The minimum absolute atomic E-state index is 0.0767. The minimum atomic E-state index is 0.0767. The van der Waals surface area contributed by atoms with Gasteiger partial charge >= 0.3 is 0 Å². The second-order valence-corrected chi connectivity index (χ2v) is 8.10. The van der Waals surface area contributed by atoms with Gasteiger partial charge in [-0.15, -0.1) is 10.2 Å². The molecule has 2 atom stereocenters. The van der Waals surface area contributed by atoms with Gasteiger partial charge < -0.3 is 9.88 Å². The predicted molar refractivity (Wildman–Crippen MR) is 94.5 cm³/mol. The fourth-order valence-corrected chi connectivity index (χ4v) is 3.99. The van der Waals surface area contributed by atoms with Gasteiger partial charge in [0.1, 0.15) is 11.6 Å². The van der Waals surface area contributed by atoms with Gasteiger partial charge in [0.05, 0.1) is 5.92 Å². The summed E-state index contributed by atoms with van der Waals surface area (Å²) in [7, 11) is 0. The summed E-state index contributed by atoms with van der Waals surface area (Å²) in [4.78, 5) is 12.5. The lowest BCUT2D eigenvalue weighted by molar-refractivity contribution is -0.123. The van der Waals surface area contributed by atoms with E-state index in [2.05, 4.69) is 53.9 Å². The van der Waals surface area contributed by atoms with Crippen LogP contribution in [0.4, 0.5) is 0 Å². The summed E-state index contributed by atoms with van der Waals surface area (Å²) in [5.41, 5.74) is 1.36. The lowest BCUT2D eigenvalue weighted by Crippen LogP contribution is -2.29. The Labute approximate surface area is 144 Å². The SMILES string of the molecule is CC(C)=C[C@@H]1[C@H](C(=O)NCCc2nnc3n2CCCCC3)C1(C)C. The molecule has 3 rings (SSSR count). The Hall–Kier alpha value is -1.65. The molecular formula is C19H30N4O. The molecule has 0 aromatic carbocycles. The van der Waals surface area contributed by atoms with Crippen molar-refractivity contribution in [2.45, 2.75) is 66.3 Å². The van der Waals surface area contributed by atoms with Crippen LogP contribution in [0.3, 0.4) is 0 Å². The number of fused-ring (bicyclic) bond motifs is 1. The van der Waals surface area contributed by atoms with Crippen LogP contribution in [-0.4, -0.2) is 27.2 Å². The van der Waals surface area contributed by atoms with Crippen LogP contribution in [0.1, 0.15) is 58.6 Å². The number of aryl methyl sites for hydroxylation is 1. The second-order valence-electron chi connectivity index (χ2n) is 8.10. The van der Waals surface area contributed by atoms with Gasteiger partial charge in [-0.2, -0.15) is 0 Å². The smallest absolute Gasteiger partial charge is 0.224 e. The molecule has 1 aromatic heterocycles. The Balaban J connectivity index is 1.53. The maximum atomic E-state index is 12.5. The number of nitrogens with zero attached hydrogens (tertiary/aromatic N) is 3. The average Bonchev–Trinajstić information content (AvgIpc) is 2.96. The first-order chi connectivity index (χ1) is 11.4. The summed E-state index contributed by atoms with van der Waals surface area (Å²) >= 11 is 0. The normalized spacial score (nSPS) is 24.7. The summed E-state index contributed by atoms with van der Waals surface area (Å²) in [6.45, 7) is 10.2. The molecule has 2 aliphatic rings. The van der Waals surface area contributed by atoms with Gasteiger partial charge in [0, 0.05) is 25.9 Å². The highest BCUT2D eigenvalue weighted by molar-refractivity contribution is 5.83. The molecule has 132 valence electrons. The molecule has 0 spiro atoms. The molecule has 0 bridgehead atoms. The molecule has 1 aliphatic heterocycles. The summed E-state index contributed by atoms with van der Waals surface area (Å²) < 4.78 is 2.26. The highest BCUT2D eigenvalue weighted by Crippen LogP contribution is 2.59. The number of amides is 1. The van der Waals surface area contributed by atoms with Gasteiger partial charge in [0.2, 0.25) is 5.91 Å². The Kier molecular flexibility index (Phi) is 4.79. The van der Waals surface area contributed by atoms with Crippen molar-refractivity contribution in [3.8, 4) is 0 Å². The lowest BCUT2D eigenvalue weighted by atomic mass is 10.1. The van der Waals surface area contributed by atoms with Gasteiger partial charge in [0.25, 0.3) is 0 Å². The number of rotatable bonds is 5. The first-order valence-corrected chi connectivity index (χ1v) is 9.25. The molecule has 1 aromatic rings. The maximum Gasteiger partial charge on any atom is 0.224 e. The van der Waals surface area contributed by atoms with Crippen LogP contribution in [0.15, 0.2) is 11.6 Å². The van der Waals surface area contributed by atoms with Crippen molar-refractivity contribution in [3.05, 3.63) is 23.3 Å². The fraction of sp³-hybridized carbons (Fsp3) is 0.737. The van der Waals surface area contributed by atoms with E-state index >= 15 is 0 Å². The first kappa shape index (κ1) is 17.2. The van der Waals surface area contributed by atoms with E-state index in [0.29, 0.717) is 12.5 Å². The fourth-order valence-electron chi connectivity index (χ4n) is 3.99. The van der Waals surface area contributed by atoms with Crippen LogP contribution in [0.25, 0.3) is 0 Å². The van der Waals surface area contributed by atoms with Crippen LogP contribution >= 0.6 is 0 Å². The topological polar surface area (TPSA) is 59.8 Å². The second kappa shape index (κ2) is 6.69. The van der Waals surface area contributed by atoms with Gasteiger partial charge in [-0.25, -0.2) is 0 Å². The van der Waals surface area contributed by atoms with Gasteiger partial charge in [-0.3, -0.25) is 4.79 Å². The van der Waals surface area contributed by atoms with E-state index in [1.807, 2.05) is 0 Å². The highest BCUT2D eigenvalue weighted by Gasteiger charge is 2.60. The summed E-state index contributed by atoms with van der Waals surface area (Å²) in [5, 5.41) is 11.8. The zero-order chi connectivity index (χ0) is 17.3. The van der Waals surface area contributed by atoms with Crippen LogP contribution in [-0.2, 0) is 24.2 Å². The van der Waals surface area contributed by atoms with Crippen LogP contribution in [0.2, 0.25) is 0 Å². The van der Waals surface area contributed by atoms with Crippen molar-refractivity contribution in [3.63, 3.8) is 0 Å². The molecule has 5 heteroatoms. The lowest BCUT2D eigenvalue weighted by Gasteiger charge is -2.08. The van der Waals surface area contributed by atoms with Crippen molar-refractivity contribution in [2.24, 2.45) is 17.3 Å². The van der Waals surface area contributed by atoms with Crippen LogP contribution < -0.4 is 5.32 Å². The zero-order valence-corrected chi connectivity index (χ0v) is 15.4. The maximum absolute atomic E-state index is 12.5. The summed E-state index contributed by atoms with van der Waals surface area (Å²) in [5.74, 6) is 2.77. The minimum Gasteiger partial charge on any atom is -0.355 e. The van der Waals surface area contributed by atoms with Crippen LogP contribution in [0, 0.1) is 17.3 Å². The number of nitrogens with one attached hydrogen (secondary N) is 1. The van der Waals surface area contributed by atoms with Gasteiger partial charge in [0.15, 0.2) is 0 Å². The predicted octanol–water partition coefficient (Wildman–Crippen LogP) is 2.90.